The first-order valence-electron chi connectivity index (χ1n) is 7.45. The summed E-state index contributed by atoms with van der Waals surface area (Å²) in [4.78, 5) is 26.6. The van der Waals surface area contributed by atoms with Crippen molar-refractivity contribution in [2.75, 3.05) is 6.54 Å². The van der Waals surface area contributed by atoms with E-state index in [1.165, 1.54) is 6.07 Å². The van der Waals surface area contributed by atoms with E-state index in [-0.39, 0.29) is 23.8 Å². The van der Waals surface area contributed by atoms with Gasteiger partial charge in [0.1, 0.15) is 0 Å². The molecule has 118 valence electrons. The molecular weight excluding hydrogens is 286 g/mol. The van der Waals surface area contributed by atoms with Crippen molar-refractivity contribution in [2.45, 2.75) is 44.6 Å². The molecule has 7 nitrogen and oxygen atoms in total. The van der Waals surface area contributed by atoms with Crippen LogP contribution in [0.5, 0.6) is 0 Å². The summed E-state index contributed by atoms with van der Waals surface area (Å²) in [5, 5.41) is 20.6. The smallest absolute Gasteiger partial charge is 0.269 e. The zero-order valence-electron chi connectivity index (χ0n) is 12.4. The maximum absolute atomic E-state index is 12.3. The lowest BCUT2D eigenvalue weighted by molar-refractivity contribution is -0.384. The lowest BCUT2D eigenvalue weighted by Gasteiger charge is -2.36. The zero-order chi connectivity index (χ0) is 15.9. The minimum atomic E-state index is -0.454. The van der Waals surface area contributed by atoms with Gasteiger partial charge in [0.15, 0.2) is 0 Å². The lowest BCUT2D eigenvalue weighted by Crippen LogP contribution is -2.47. The standard InChI is InChI=1S/C15H19N3O4/c1-10-15(20)17-9-13(19)5-6-14(17)16(10)8-11-3-2-4-12(7-11)18(21)22/h2-4,7,10,13-14,19H,5-6,8-9H2,1H3/t10-,13-,14?/m0/s1. The van der Waals surface area contributed by atoms with Crippen molar-refractivity contribution in [3.05, 3.63) is 39.9 Å². The Morgan fingerprint density at radius 3 is 2.91 bits per heavy atom. The Hall–Kier alpha value is -1.99. The first-order valence-corrected chi connectivity index (χ1v) is 7.45. The highest BCUT2D eigenvalue weighted by molar-refractivity contribution is 5.84. The second kappa shape index (κ2) is 5.66. The Balaban J connectivity index is 1.81. The Kier molecular flexibility index (Phi) is 3.84. The maximum atomic E-state index is 12.3. The Labute approximate surface area is 128 Å². The number of benzene rings is 1. The molecule has 2 fully saturated rings. The van der Waals surface area contributed by atoms with Crippen LogP contribution in [0.4, 0.5) is 5.69 Å². The van der Waals surface area contributed by atoms with Gasteiger partial charge in [0.25, 0.3) is 5.69 Å². The fourth-order valence-electron chi connectivity index (χ4n) is 3.38. The number of carbonyl (C=O) groups is 1. The van der Waals surface area contributed by atoms with Crippen LogP contribution in [0.15, 0.2) is 24.3 Å². The van der Waals surface area contributed by atoms with Crippen molar-refractivity contribution in [3.63, 3.8) is 0 Å². The summed E-state index contributed by atoms with van der Waals surface area (Å²) in [5.41, 5.74) is 0.883. The van der Waals surface area contributed by atoms with E-state index in [0.717, 1.165) is 12.0 Å². The van der Waals surface area contributed by atoms with Gasteiger partial charge in [-0.3, -0.25) is 19.8 Å². The molecule has 0 aromatic heterocycles. The van der Waals surface area contributed by atoms with Gasteiger partial charge < -0.3 is 10.0 Å². The number of aliphatic hydroxyl groups is 1. The van der Waals surface area contributed by atoms with Crippen LogP contribution in [0.3, 0.4) is 0 Å². The van der Waals surface area contributed by atoms with E-state index in [4.69, 9.17) is 0 Å². The number of hydrogen-bond acceptors (Lipinski definition) is 5. The third-order valence-corrected chi connectivity index (χ3v) is 4.53. The Morgan fingerprint density at radius 2 is 2.18 bits per heavy atom. The number of hydrogen-bond donors (Lipinski definition) is 1. The molecule has 22 heavy (non-hydrogen) atoms. The average Bonchev–Trinajstić information content (AvgIpc) is 2.72. The predicted octanol–water partition coefficient (Wildman–Crippen LogP) is 1.11. The number of nitrogens with zero attached hydrogens (tertiary/aromatic N) is 3. The van der Waals surface area contributed by atoms with Crippen LogP contribution in [-0.2, 0) is 11.3 Å². The summed E-state index contributed by atoms with van der Waals surface area (Å²) >= 11 is 0. The second-order valence-corrected chi connectivity index (χ2v) is 5.98. The van der Waals surface area contributed by atoms with Crippen LogP contribution >= 0.6 is 0 Å². The first kappa shape index (κ1) is 14.9. The van der Waals surface area contributed by atoms with Gasteiger partial charge in [-0.2, -0.15) is 0 Å². The van der Waals surface area contributed by atoms with E-state index in [1.54, 1.807) is 17.0 Å². The summed E-state index contributed by atoms with van der Waals surface area (Å²) in [6, 6.07) is 6.25. The van der Waals surface area contributed by atoms with Gasteiger partial charge in [0, 0.05) is 25.2 Å². The van der Waals surface area contributed by atoms with Gasteiger partial charge in [-0.05, 0) is 25.3 Å². The van der Waals surface area contributed by atoms with Crippen molar-refractivity contribution in [3.8, 4) is 0 Å². The molecule has 1 amide bonds. The van der Waals surface area contributed by atoms with E-state index < -0.39 is 11.0 Å². The average molecular weight is 305 g/mol. The number of non-ortho nitro benzene ring substituents is 1. The lowest BCUT2D eigenvalue weighted by atomic mass is 10.1. The molecule has 0 aliphatic carbocycles. The highest BCUT2D eigenvalue weighted by Crippen LogP contribution is 2.31. The molecule has 0 spiro atoms. The summed E-state index contributed by atoms with van der Waals surface area (Å²) in [5.74, 6) is 0.0224. The number of piperidine rings is 1. The van der Waals surface area contributed by atoms with Crippen LogP contribution in [0.2, 0.25) is 0 Å². The van der Waals surface area contributed by atoms with E-state index >= 15 is 0 Å². The molecule has 1 N–H and O–H groups in total. The monoisotopic (exact) mass is 305 g/mol. The molecule has 0 radical (unpaired) electrons. The molecule has 7 heteroatoms. The Bertz CT molecular complexity index is 606. The van der Waals surface area contributed by atoms with Gasteiger partial charge >= 0.3 is 0 Å². The minimum Gasteiger partial charge on any atom is -0.391 e. The third-order valence-electron chi connectivity index (χ3n) is 4.53. The molecule has 3 atom stereocenters. The summed E-state index contributed by atoms with van der Waals surface area (Å²) < 4.78 is 0. The van der Waals surface area contributed by atoms with Crippen molar-refractivity contribution in [2.24, 2.45) is 0 Å². The molecule has 2 heterocycles. The normalized spacial score (nSPS) is 28.7. The highest BCUT2D eigenvalue weighted by Gasteiger charge is 2.45. The Morgan fingerprint density at radius 1 is 1.41 bits per heavy atom. The van der Waals surface area contributed by atoms with Gasteiger partial charge in [-0.1, -0.05) is 12.1 Å². The van der Waals surface area contributed by atoms with Crippen LogP contribution < -0.4 is 0 Å². The van der Waals surface area contributed by atoms with Crippen molar-refractivity contribution in [1.29, 1.82) is 0 Å². The van der Waals surface area contributed by atoms with E-state index in [1.807, 2.05) is 13.0 Å². The molecule has 2 saturated heterocycles. The molecular formula is C15H19N3O4. The van der Waals surface area contributed by atoms with Crippen LogP contribution in [-0.4, -0.2) is 50.6 Å². The number of aliphatic hydroxyl groups excluding tert-OH is 1. The van der Waals surface area contributed by atoms with Gasteiger partial charge in [0.05, 0.1) is 23.2 Å². The van der Waals surface area contributed by atoms with Crippen molar-refractivity contribution >= 4 is 11.6 Å². The first-order chi connectivity index (χ1) is 10.5. The van der Waals surface area contributed by atoms with E-state index in [9.17, 15) is 20.0 Å². The number of fused-ring (bicyclic) bond motifs is 1. The quantitative estimate of drug-likeness (QED) is 0.667. The highest BCUT2D eigenvalue weighted by atomic mass is 16.6. The maximum Gasteiger partial charge on any atom is 0.269 e. The number of nitro benzene ring substituents is 1. The summed E-state index contributed by atoms with van der Waals surface area (Å²) in [7, 11) is 0. The number of nitro groups is 1. The van der Waals surface area contributed by atoms with Gasteiger partial charge in [-0.15, -0.1) is 0 Å². The second-order valence-electron chi connectivity index (χ2n) is 5.98. The van der Waals surface area contributed by atoms with E-state index in [2.05, 4.69) is 4.90 Å². The molecule has 3 rings (SSSR count). The van der Waals surface area contributed by atoms with Crippen LogP contribution in [0.25, 0.3) is 0 Å². The van der Waals surface area contributed by atoms with Crippen molar-refractivity contribution in [1.82, 2.24) is 9.80 Å². The molecule has 2 aliphatic heterocycles. The zero-order valence-corrected chi connectivity index (χ0v) is 12.4. The van der Waals surface area contributed by atoms with Crippen molar-refractivity contribution < 1.29 is 14.8 Å². The number of carbonyl (C=O) groups excluding carboxylic acids is 1. The fourth-order valence-corrected chi connectivity index (χ4v) is 3.38. The van der Waals surface area contributed by atoms with Gasteiger partial charge in [-0.25, -0.2) is 0 Å². The predicted molar refractivity (Wildman–Crippen MR) is 78.8 cm³/mol. The molecule has 1 aromatic rings. The molecule has 0 bridgehead atoms. The summed E-state index contributed by atoms with van der Waals surface area (Å²) in [6.45, 7) is 2.72. The topological polar surface area (TPSA) is 86.9 Å². The van der Waals surface area contributed by atoms with Crippen LogP contribution in [0.1, 0.15) is 25.3 Å². The summed E-state index contributed by atoms with van der Waals surface area (Å²) in [6.07, 6.45) is 0.925. The fraction of sp³-hybridized carbons (Fsp3) is 0.533. The van der Waals surface area contributed by atoms with Crippen LogP contribution in [0, 0.1) is 10.1 Å². The third kappa shape index (κ3) is 2.57. The molecule has 2 aliphatic rings. The largest absolute Gasteiger partial charge is 0.391 e. The number of rotatable bonds is 3. The molecule has 1 unspecified atom stereocenters. The number of amides is 1. The SMILES string of the molecule is C[C@H]1C(=O)N2C[C@@H](O)CCC2N1Cc1cccc([N+](=O)[O-])c1. The molecule has 1 aromatic carbocycles. The minimum absolute atomic E-state index is 0.0224. The van der Waals surface area contributed by atoms with E-state index in [0.29, 0.717) is 19.5 Å². The molecule has 0 saturated carbocycles. The van der Waals surface area contributed by atoms with Gasteiger partial charge in [0.2, 0.25) is 5.91 Å².